The Morgan fingerprint density at radius 1 is 1.29 bits per heavy atom. The third-order valence-corrected chi connectivity index (χ3v) is 3.57. The largest absolute Gasteiger partial charge is 0.306 e. The molecule has 0 bridgehead atoms. The zero-order chi connectivity index (χ0) is 15.0. The lowest BCUT2D eigenvalue weighted by Crippen LogP contribution is -2.09. The van der Waals surface area contributed by atoms with Crippen molar-refractivity contribution in [3.8, 4) is 0 Å². The molecule has 0 unspecified atom stereocenters. The first-order chi connectivity index (χ1) is 10.0. The van der Waals surface area contributed by atoms with Crippen LogP contribution in [0.25, 0.3) is 23.2 Å². The Hall–Kier alpha value is -2.11. The highest BCUT2D eigenvalue weighted by molar-refractivity contribution is 6.35. The van der Waals surface area contributed by atoms with Crippen LogP contribution in [0.15, 0.2) is 29.2 Å². The number of halogens is 2. The fourth-order valence-electron chi connectivity index (χ4n) is 1.93. The molecule has 0 atom stereocenters. The summed E-state index contributed by atoms with van der Waals surface area (Å²) < 4.78 is 1.55. The molecule has 0 radical (unpaired) electrons. The second-order valence-electron chi connectivity index (χ2n) is 4.46. The molecule has 2 heterocycles. The van der Waals surface area contributed by atoms with Gasteiger partial charge in [0.2, 0.25) is 0 Å². The average Bonchev–Trinajstić information content (AvgIpc) is 2.80. The van der Waals surface area contributed by atoms with Gasteiger partial charge in [-0.15, -0.1) is 0 Å². The fourth-order valence-corrected chi connectivity index (χ4v) is 2.41. The van der Waals surface area contributed by atoms with Crippen molar-refractivity contribution >= 4 is 46.4 Å². The van der Waals surface area contributed by atoms with Gasteiger partial charge in [0.25, 0.3) is 5.56 Å². The third-order valence-electron chi connectivity index (χ3n) is 3.00. The smallest absolute Gasteiger partial charge is 0.262 e. The second kappa shape index (κ2) is 5.35. The monoisotopic (exact) mass is 320 g/mol. The average molecular weight is 321 g/mol. The quantitative estimate of drug-likeness (QED) is 0.789. The van der Waals surface area contributed by atoms with Gasteiger partial charge in [-0.2, -0.15) is 5.10 Å². The third kappa shape index (κ3) is 2.70. The minimum absolute atomic E-state index is 0.227. The first-order valence-electron chi connectivity index (χ1n) is 6.10. The molecule has 5 nitrogen and oxygen atoms in total. The lowest BCUT2D eigenvalue weighted by molar-refractivity contribution is 0.784. The summed E-state index contributed by atoms with van der Waals surface area (Å²) in [5.74, 6) is 0.433. The molecule has 0 fully saturated rings. The number of hydrogen-bond donors (Lipinski definition) is 1. The van der Waals surface area contributed by atoms with E-state index in [1.165, 1.54) is 6.20 Å². The summed E-state index contributed by atoms with van der Waals surface area (Å²) in [5.41, 5.74) is 1.09. The van der Waals surface area contributed by atoms with Crippen LogP contribution in [0.5, 0.6) is 0 Å². The van der Waals surface area contributed by atoms with E-state index in [1.807, 2.05) is 0 Å². The molecule has 0 saturated carbocycles. The van der Waals surface area contributed by atoms with Crippen LogP contribution in [0.4, 0.5) is 0 Å². The number of rotatable bonds is 2. The molecule has 7 heteroatoms. The number of benzene rings is 1. The lowest BCUT2D eigenvalue weighted by Gasteiger charge is -1.99. The van der Waals surface area contributed by atoms with E-state index in [4.69, 9.17) is 23.2 Å². The summed E-state index contributed by atoms with van der Waals surface area (Å²) in [6, 6.07) is 5.19. The minimum Gasteiger partial charge on any atom is -0.306 e. The molecule has 2 aromatic heterocycles. The molecule has 0 spiro atoms. The van der Waals surface area contributed by atoms with Gasteiger partial charge >= 0.3 is 0 Å². The molecule has 0 amide bonds. The molecule has 0 saturated heterocycles. The van der Waals surface area contributed by atoms with Crippen molar-refractivity contribution < 1.29 is 0 Å². The van der Waals surface area contributed by atoms with Gasteiger partial charge in [-0.25, -0.2) is 4.98 Å². The standard InChI is InChI=1S/C14H10Cl2N4O/c1-20-13-10(7-17-20)14(21)19-12(18-13)5-3-8-2-4-9(15)6-11(8)16/h2-7H,1H3,(H,18,19,21). The van der Waals surface area contributed by atoms with Gasteiger partial charge < -0.3 is 4.98 Å². The molecule has 0 aliphatic rings. The highest BCUT2D eigenvalue weighted by atomic mass is 35.5. The van der Waals surface area contributed by atoms with E-state index in [2.05, 4.69) is 15.1 Å². The van der Waals surface area contributed by atoms with Gasteiger partial charge in [0, 0.05) is 17.1 Å². The Kier molecular flexibility index (Phi) is 3.53. The molecule has 0 aliphatic heterocycles. The Morgan fingerprint density at radius 2 is 2.10 bits per heavy atom. The van der Waals surface area contributed by atoms with Crippen molar-refractivity contribution in [1.29, 1.82) is 0 Å². The molecule has 1 aromatic carbocycles. The van der Waals surface area contributed by atoms with Gasteiger partial charge in [0.1, 0.15) is 11.2 Å². The molecular formula is C14H10Cl2N4O. The van der Waals surface area contributed by atoms with Gasteiger partial charge in [-0.3, -0.25) is 9.48 Å². The number of aromatic nitrogens is 4. The van der Waals surface area contributed by atoms with Crippen LogP contribution in [-0.4, -0.2) is 19.7 Å². The molecule has 21 heavy (non-hydrogen) atoms. The number of hydrogen-bond acceptors (Lipinski definition) is 3. The number of aryl methyl sites for hydroxylation is 1. The first kappa shape index (κ1) is 13.9. The Bertz CT molecular complexity index is 911. The SMILES string of the molecule is Cn1ncc2c(=O)[nH]c(C=Cc3ccc(Cl)cc3Cl)nc21. The number of nitrogens with one attached hydrogen (secondary N) is 1. The van der Waals surface area contributed by atoms with Crippen LogP contribution in [0.3, 0.4) is 0 Å². The van der Waals surface area contributed by atoms with Crippen molar-refractivity contribution in [2.24, 2.45) is 7.05 Å². The number of H-pyrrole nitrogens is 1. The fraction of sp³-hybridized carbons (Fsp3) is 0.0714. The van der Waals surface area contributed by atoms with E-state index >= 15 is 0 Å². The Balaban J connectivity index is 2.03. The van der Waals surface area contributed by atoms with Crippen molar-refractivity contribution in [3.63, 3.8) is 0 Å². The molecular weight excluding hydrogens is 311 g/mol. The summed E-state index contributed by atoms with van der Waals surface area (Å²) in [6.07, 6.45) is 4.94. The predicted octanol–water partition coefficient (Wildman–Crippen LogP) is 3.13. The van der Waals surface area contributed by atoms with E-state index in [0.29, 0.717) is 26.9 Å². The van der Waals surface area contributed by atoms with E-state index in [0.717, 1.165) is 5.56 Å². The summed E-state index contributed by atoms with van der Waals surface area (Å²) in [7, 11) is 1.73. The highest BCUT2D eigenvalue weighted by Crippen LogP contribution is 2.22. The van der Waals surface area contributed by atoms with Crippen molar-refractivity contribution in [2.45, 2.75) is 0 Å². The number of nitrogens with zero attached hydrogens (tertiary/aromatic N) is 3. The zero-order valence-corrected chi connectivity index (χ0v) is 12.5. The van der Waals surface area contributed by atoms with Crippen LogP contribution in [0, 0.1) is 0 Å². The lowest BCUT2D eigenvalue weighted by atomic mass is 10.2. The number of aromatic amines is 1. The molecule has 0 aliphatic carbocycles. The first-order valence-corrected chi connectivity index (χ1v) is 6.85. The van der Waals surface area contributed by atoms with Crippen LogP contribution >= 0.6 is 23.2 Å². The van der Waals surface area contributed by atoms with Gasteiger partial charge in [0.15, 0.2) is 5.65 Å². The van der Waals surface area contributed by atoms with Crippen LogP contribution in [0.1, 0.15) is 11.4 Å². The maximum atomic E-state index is 11.9. The molecule has 3 aromatic rings. The van der Waals surface area contributed by atoms with E-state index in [1.54, 1.807) is 42.1 Å². The summed E-state index contributed by atoms with van der Waals surface area (Å²) in [6.45, 7) is 0. The maximum Gasteiger partial charge on any atom is 0.262 e. The summed E-state index contributed by atoms with van der Waals surface area (Å²) in [5, 5.41) is 5.57. The van der Waals surface area contributed by atoms with Crippen LogP contribution in [0.2, 0.25) is 10.0 Å². The zero-order valence-electron chi connectivity index (χ0n) is 11.0. The molecule has 106 valence electrons. The predicted molar refractivity (Wildman–Crippen MR) is 84.5 cm³/mol. The number of fused-ring (bicyclic) bond motifs is 1. The highest BCUT2D eigenvalue weighted by Gasteiger charge is 2.06. The van der Waals surface area contributed by atoms with Crippen molar-refractivity contribution in [3.05, 3.63) is 56.2 Å². The Labute approximate surface area is 129 Å². The van der Waals surface area contributed by atoms with Crippen LogP contribution < -0.4 is 5.56 Å². The van der Waals surface area contributed by atoms with Crippen molar-refractivity contribution in [2.75, 3.05) is 0 Å². The van der Waals surface area contributed by atoms with Crippen LogP contribution in [-0.2, 0) is 7.05 Å². The summed E-state index contributed by atoms with van der Waals surface area (Å²) in [4.78, 5) is 18.9. The van der Waals surface area contributed by atoms with Gasteiger partial charge in [-0.05, 0) is 29.8 Å². The topological polar surface area (TPSA) is 63.6 Å². The van der Waals surface area contributed by atoms with Gasteiger partial charge in [0.05, 0.1) is 6.20 Å². The van der Waals surface area contributed by atoms with E-state index in [-0.39, 0.29) is 5.56 Å². The second-order valence-corrected chi connectivity index (χ2v) is 5.30. The van der Waals surface area contributed by atoms with E-state index < -0.39 is 0 Å². The Morgan fingerprint density at radius 3 is 2.86 bits per heavy atom. The molecule has 1 N–H and O–H groups in total. The molecule has 3 rings (SSSR count). The van der Waals surface area contributed by atoms with Crippen molar-refractivity contribution in [1.82, 2.24) is 19.7 Å². The normalized spacial score (nSPS) is 11.6. The summed E-state index contributed by atoms with van der Waals surface area (Å²) >= 11 is 11.9. The maximum absolute atomic E-state index is 11.9. The van der Waals surface area contributed by atoms with Gasteiger partial charge in [-0.1, -0.05) is 29.3 Å². The van der Waals surface area contributed by atoms with E-state index in [9.17, 15) is 4.79 Å². The minimum atomic E-state index is -0.227.